The number of fused-ring (bicyclic) bond motifs is 1. The first-order chi connectivity index (χ1) is 14.5. The third-order valence-corrected chi connectivity index (χ3v) is 5.64. The molecule has 1 fully saturated rings. The molecule has 8 nitrogen and oxygen atoms in total. The lowest BCUT2D eigenvalue weighted by Crippen LogP contribution is -2.44. The first-order valence-electron chi connectivity index (χ1n) is 10.2. The van der Waals surface area contributed by atoms with E-state index in [9.17, 15) is 9.59 Å². The van der Waals surface area contributed by atoms with Crippen LogP contribution in [0.2, 0.25) is 0 Å². The molecule has 8 heteroatoms. The highest BCUT2D eigenvalue weighted by molar-refractivity contribution is 5.75. The fourth-order valence-electron chi connectivity index (χ4n) is 3.95. The van der Waals surface area contributed by atoms with Crippen LogP contribution in [0.3, 0.4) is 0 Å². The summed E-state index contributed by atoms with van der Waals surface area (Å²) in [4.78, 5) is 33.3. The van der Waals surface area contributed by atoms with E-state index in [0.717, 1.165) is 31.7 Å². The Kier molecular flexibility index (Phi) is 5.46. The van der Waals surface area contributed by atoms with Crippen LogP contribution in [0.4, 0.5) is 5.95 Å². The smallest absolute Gasteiger partial charge is 0.333 e. The molecule has 1 aliphatic heterocycles. The van der Waals surface area contributed by atoms with Crippen LogP contribution in [0.5, 0.6) is 0 Å². The van der Waals surface area contributed by atoms with Crippen molar-refractivity contribution in [3.05, 3.63) is 56.7 Å². The number of nitrogens with one attached hydrogen (secondary N) is 1. The zero-order valence-corrected chi connectivity index (χ0v) is 17.6. The van der Waals surface area contributed by atoms with Crippen molar-refractivity contribution in [2.45, 2.75) is 26.4 Å². The van der Waals surface area contributed by atoms with Gasteiger partial charge in [-0.1, -0.05) is 36.3 Å². The Balaban J connectivity index is 2.03. The standard InChI is InChI=1S/C22H26N6O2/c1-4-5-13-27-18-19(24-21(27)26-14-11-23-12-15-26)28(22(30)25(3)20(18)29)16(2)17-9-7-6-8-10-17/h6-10,16,23H,11-15H2,1-3H3. The highest BCUT2D eigenvalue weighted by Gasteiger charge is 2.26. The molecule has 0 saturated carbocycles. The maximum Gasteiger partial charge on any atom is 0.333 e. The van der Waals surface area contributed by atoms with Crippen molar-refractivity contribution < 1.29 is 0 Å². The molecule has 1 unspecified atom stereocenters. The quantitative estimate of drug-likeness (QED) is 0.653. The minimum atomic E-state index is -0.373. The van der Waals surface area contributed by atoms with Crippen LogP contribution in [0, 0.1) is 11.8 Å². The summed E-state index contributed by atoms with van der Waals surface area (Å²) in [6.07, 6.45) is 0. The van der Waals surface area contributed by atoms with Crippen molar-refractivity contribution in [1.29, 1.82) is 0 Å². The molecular weight excluding hydrogens is 380 g/mol. The van der Waals surface area contributed by atoms with Crippen molar-refractivity contribution in [1.82, 2.24) is 24.0 Å². The lowest BCUT2D eigenvalue weighted by molar-refractivity contribution is 0.572. The molecule has 1 aromatic carbocycles. The van der Waals surface area contributed by atoms with Crippen LogP contribution in [-0.4, -0.2) is 44.9 Å². The van der Waals surface area contributed by atoms with Crippen molar-refractivity contribution >= 4 is 17.1 Å². The summed E-state index contributed by atoms with van der Waals surface area (Å²) in [6, 6.07) is 9.51. The highest BCUT2D eigenvalue weighted by atomic mass is 16.2. The molecule has 1 aliphatic rings. The molecule has 1 saturated heterocycles. The SMILES string of the molecule is CC#CCn1c(N2CCNCC2)nc2c1c(=O)n(C)c(=O)n2C(C)c1ccccc1. The summed E-state index contributed by atoms with van der Waals surface area (Å²) in [5.74, 6) is 6.65. The molecular formula is C22H26N6O2. The second kappa shape index (κ2) is 8.20. The summed E-state index contributed by atoms with van der Waals surface area (Å²) < 4.78 is 4.64. The summed E-state index contributed by atoms with van der Waals surface area (Å²) in [5.41, 5.74) is 1.08. The van der Waals surface area contributed by atoms with Gasteiger partial charge in [0, 0.05) is 33.2 Å². The molecule has 1 atom stereocenters. The molecule has 3 aromatic rings. The number of nitrogens with zero attached hydrogens (tertiary/aromatic N) is 5. The molecule has 30 heavy (non-hydrogen) atoms. The Labute approximate surface area is 174 Å². The van der Waals surface area contributed by atoms with Gasteiger partial charge in [-0.3, -0.25) is 18.5 Å². The Morgan fingerprint density at radius 2 is 1.87 bits per heavy atom. The number of imidazole rings is 1. The summed E-state index contributed by atoms with van der Waals surface area (Å²) in [7, 11) is 1.52. The van der Waals surface area contributed by atoms with Crippen LogP contribution >= 0.6 is 0 Å². The highest BCUT2D eigenvalue weighted by Crippen LogP contribution is 2.24. The molecule has 0 spiro atoms. The van der Waals surface area contributed by atoms with Crippen LogP contribution in [-0.2, 0) is 13.6 Å². The summed E-state index contributed by atoms with van der Waals surface area (Å²) in [6.45, 7) is 7.32. The van der Waals surface area contributed by atoms with Crippen molar-refractivity contribution in [3.63, 3.8) is 0 Å². The van der Waals surface area contributed by atoms with Crippen molar-refractivity contribution in [2.75, 3.05) is 31.1 Å². The third-order valence-electron chi connectivity index (χ3n) is 5.64. The van der Waals surface area contributed by atoms with Gasteiger partial charge >= 0.3 is 5.69 Å². The predicted molar refractivity (Wildman–Crippen MR) is 118 cm³/mol. The van der Waals surface area contributed by atoms with E-state index in [1.54, 1.807) is 11.5 Å². The van der Waals surface area contributed by atoms with E-state index in [0.29, 0.717) is 23.7 Å². The van der Waals surface area contributed by atoms with E-state index < -0.39 is 0 Å². The molecule has 4 rings (SSSR count). The van der Waals surface area contributed by atoms with Gasteiger partial charge in [0.15, 0.2) is 11.2 Å². The number of piperazine rings is 1. The average molecular weight is 406 g/mol. The second-order valence-corrected chi connectivity index (χ2v) is 7.44. The Bertz CT molecular complexity index is 1240. The molecule has 0 amide bonds. The number of benzene rings is 1. The average Bonchev–Trinajstić information content (AvgIpc) is 3.16. The van der Waals surface area contributed by atoms with Gasteiger partial charge < -0.3 is 10.2 Å². The fourth-order valence-corrected chi connectivity index (χ4v) is 3.95. The van der Waals surface area contributed by atoms with Gasteiger partial charge in [-0.2, -0.15) is 4.98 Å². The van der Waals surface area contributed by atoms with Gasteiger partial charge in [0.1, 0.15) is 0 Å². The Hall–Kier alpha value is -3.31. The second-order valence-electron chi connectivity index (χ2n) is 7.44. The molecule has 2 aromatic heterocycles. The normalized spacial score (nSPS) is 15.1. The zero-order chi connectivity index (χ0) is 21.3. The van der Waals surface area contributed by atoms with Crippen LogP contribution in [0.1, 0.15) is 25.5 Å². The van der Waals surface area contributed by atoms with E-state index >= 15 is 0 Å². The van der Waals surface area contributed by atoms with Gasteiger partial charge in [0.05, 0.1) is 12.6 Å². The Morgan fingerprint density at radius 3 is 2.53 bits per heavy atom. The lowest BCUT2D eigenvalue weighted by atomic mass is 10.1. The molecule has 0 radical (unpaired) electrons. The predicted octanol–water partition coefficient (Wildman–Crippen LogP) is 0.939. The van der Waals surface area contributed by atoms with Gasteiger partial charge in [0.2, 0.25) is 5.95 Å². The number of hydrogen-bond acceptors (Lipinski definition) is 5. The summed E-state index contributed by atoms with van der Waals surface area (Å²) in [5, 5.41) is 3.33. The van der Waals surface area contributed by atoms with Gasteiger partial charge in [0.25, 0.3) is 5.56 Å². The number of aromatic nitrogens is 4. The number of anilines is 1. The third kappa shape index (κ3) is 3.31. The number of rotatable bonds is 4. The molecule has 3 heterocycles. The Morgan fingerprint density at radius 1 is 1.17 bits per heavy atom. The number of hydrogen-bond donors (Lipinski definition) is 1. The van der Waals surface area contributed by atoms with Gasteiger partial charge in [-0.05, 0) is 19.4 Å². The van der Waals surface area contributed by atoms with Crippen molar-refractivity contribution in [3.8, 4) is 11.8 Å². The first kappa shape index (κ1) is 20.0. The maximum atomic E-state index is 13.2. The zero-order valence-electron chi connectivity index (χ0n) is 17.6. The molecule has 0 aliphatic carbocycles. The topological polar surface area (TPSA) is 77.1 Å². The van der Waals surface area contributed by atoms with Gasteiger partial charge in [-0.15, -0.1) is 5.92 Å². The van der Waals surface area contributed by atoms with Crippen LogP contribution in [0.25, 0.3) is 11.2 Å². The maximum absolute atomic E-state index is 13.2. The molecule has 0 bridgehead atoms. The minimum absolute atomic E-state index is 0.274. The van der Waals surface area contributed by atoms with E-state index in [2.05, 4.69) is 22.1 Å². The van der Waals surface area contributed by atoms with Crippen molar-refractivity contribution in [2.24, 2.45) is 7.05 Å². The van der Waals surface area contributed by atoms with Gasteiger partial charge in [-0.25, -0.2) is 4.79 Å². The van der Waals surface area contributed by atoms with E-state index in [4.69, 9.17) is 4.98 Å². The lowest BCUT2D eigenvalue weighted by Gasteiger charge is -2.28. The minimum Gasteiger partial charge on any atom is -0.340 e. The summed E-state index contributed by atoms with van der Waals surface area (Å²) >= 11 is 0. The molecule has 156 valence electrons. The fraction of sp³-hybridized carbons (Fsp3) is 0.409. The largest absolute Gasteiger partial charge is 0.340 e. The van der Waals surface area contributed by atoms with Crippen LogP contribution < -0.4 is 21.5 Å². The molecule has 1 N–H and O–H groups in total. The van der Waals surface area contributed by atoms with E-state index in [1.165, 1.54) is 11.6 Å². The monoisotopic (exact) mass is 406 g/mol. The van der Waals surface area contributed by atoms with E-state index in [1.807, 2.05) is 41.8 Å². The van der Waals surface area contributed by atoms with E-state index in [-0.39, 0.29) is 17.3 Å². The first-order valence-corrected chi connectivity index (χ1v) is 10.2. The van der Waals surface area contributed by atoms with Crippen LogP contribution in [0.15, 0.2) is 39.9 Å².